The summed E-state index contributed by atoms with van der Waals surface area (Å²) in [6.07, 6.45) is 0. The highest BCUT2D eigenvalue weighted by molar-refractivity contribution is 5.94. The highest BCUT2D eigenvalue weighted by Crippen LogP contribution is 2.32. The van der Waals surface area contributed by atoms with Gasteiger partial charge in [-0.15, -0.1) is 0 Å². The number of hydrogen-bond donors (Lipinski definition) is 1. The van der Waals surface area contributed by atoms with Crippen LogP contribution in [0.5, 0.6) is 5.75 Å². The first kappa shape index (κ1) is 16.5. The van der Waals surface area contributed by atoms with Crippen molar-refractivity contribution in [3.05, 3.63) is 29.3 Å². The fourth-order valence-corrected chi connectivity index (χ4v) is 1.88. The zero-order chi connectivity index (χ0) is 15.6. The summed E-state index contributed by atoms with van der Waals surface area (Å²) in [6.45, 7) is 13.3. The van der Waals surface area contributed by atoms with E-state index in [1.54, 1.807) is 7.11 Å². The van der Waals surface area contributed by atoms with Crippen LogP contribution in [0.2, 0.25) is 0 Å². The van der Waals surface area contributed by atoms with Gasteiger partial charge in [-0.3, -0.25) is 4.79 Å². The first-order valence-corrected chi connectivity index (χ1v) is 7.01. The van der Waals surface area contributed by atoms with E-state index in [-0.39, 0.29) is 16.7 Å². The normalized spacial score (nSPS) is 12.2. The van der Waals surface area contributed by atoms with Gasteiger partial charge in [-0.1, -0.05) is 41.5 Å². The molecule has 3 nitrogen and oxygen atoms in total. The summed E-state index contributed by atoms with van der Waals surface area (Å²) in [6, 6.07) is 5.61. The van der Waals surface area contributed by atoms with Crippen molar-refractivity contribution in [2.24, 2.45) is 5.41 Å². The molecule has 0 heterocycles. The minimum atomic E-state index is -0.0638. The van der Waals surface area contributed by atoms with Crippen LogP contribution in [-0.2, 0) is 5.41 Å². The molecule has 1 rings (SSSR count). The molecule has 0 bridgehead atoms. The Hall–Kier alpha value is -1.51. The highest BCUT2D eigenvalue weighted by Gasteiger charge is 2.21. The van der Waals surface area contributed by atoms with Crippen molar-refractivity contribution in [3.63, 3.8) is 0 Å². The Kier molecular flexibility index (Phi) is 4.85. The minimum Gasteiger partial charge on any atom is -0.496 e. The van der Waals surface area contributed by atoms with E-state index in [2.05, 4.69) is 46.9 Å². The van der Waals surface area contributed by atoms with E-state index in [0.717, 1.165) is 11.3 Å². The van der Waals surface area contributed by atoms with Crippen LogP contribution < -0.4 is 10.1 Å². The van der Waals surface area contributed by atoms with Crippen LogP contribution in [-0.4, -0.2) is 19.6 Å². The zero-order valence-corrected chi connectivity index (χ0v) is 13.8. The Morgan fingerprint density at radius 2 is 1.75 bits per heavy atom. The topological polar surface area (TPSA) is 38.3 Å². The van der Waals surface area contributed by atoms with Crippen molar-refractivity contribution in [3.8, 4) is 5.75 Å². The van der Waals surface area contributed by atoms with Crippen molar-refractivity contribution >= 4 is 5.91 Å². The number of carbonyl (C=O) groups excluding carboxylic acids is 1. The molecule has 20 heavy (non-hydrogen) atoms. The van der Waals surface area contributed by atoms with Gasteiger partial charge in [-0.05, 0) is 29.0 Å². The van der Waals surface area contributed by atoms with Gasteiger partial charge < -0.3 is 10.1 Å². The Balaban J connectivity index is 3.00. The van der Waals surface area contributed by atoms with Crippen molar-refractivity contribution in [2.45, 2.75) is 47.0 Å². The average Bonchev–Trinajstić information content (AvgIpc) is 2.33. The number of benzene rings is 1. The van der Waals surface area contributed by atoms with Gasteiger partial charge in [0.2, 0.25) is 0 Å². The lowest BCUT2D eigenvalue weighted by molar-refractivity contribution is 0.0939. The highest BCUT2D eigenvalue weighted by atomic mass is 16.5. The van der Waals surface area contributed by atoms with Crippen LogP contribution >= 0.6 is 0 Å². The molecule has 1 aromatic carbocycles. The number of rotatable bonds is 3. The molecular weight excluding hydrogens is 250 g/mol. The Labute approximate surface area is 122 Å². The van der Waals surface area contributed by atoms with E-state index in [1.807, 2.05) is 18.2 Å². The van der Waals surface area contributed by atoms with Gasteiger partial charge in [-0.2, -0.15) is 0 Å². The fourth-order valence-electron chi connectivity index (χ4n) is 1.88. The van der Waals surface area contributed by atoms with Gasteiger partial charge in [0.1, 0.15) is 5.75 Å². The van der Waals surface area contributed by atoms with Crippen LogP contribution in [0, 0.1) is 5.41 Å². The predicted molar refractivity (Wildman–Crippen MR) is 83.5 cm³/mol. The van der Waals surface area contributed by atoms with Gasteiger partial charge in [0.15, 0.2) is 0 Å². The number of amides is 1. The van der Waals surface area contributed by atoms with Gasteiger partial charge >= 0.3 is 0 Å². The lowest BCUT2D eigenvalue weighted by atomic mass is 9.85. The lowest BCUT2D eigenvalue weighted by Crippen LogP contribution is -2.32. The molecule has 112 valence electrons. The molecule has 0 saturated heterocycles. The number of carbonyl (C=O) groups is 1. The van der Waals surface area contributed by atoms with E-state index in [0.29, 0.717) is 12.1 Å². The van der Waals surface area contributed by atoms with Crippen LogP contribution in [0.3, 0.4) is 0 Å². The van der Waals surface area contributed by atoms with E-state index in [4.69, 9.17) is 4.74 Å². The van der Waals surface area contributed by atoms with Crippen molar-refractivity contribution in [1.29, 1.82) is 0 Å². The number of methoxy groups -OCH3 is 1. The average molecular weight is 277 g/mol. The smallest absolute Gasteiger partial charge is 0.251 e. The summed E-state index contributed by atoms with van der Waals surface area (Å²) >= 11 is 0. The molecule has 0 atom stereocenters. The van der Waals surface area contributed by atoms with E-state index in [9.17, 15) is 4.79 Å². The largest absolute Gasteiger partial charge is 0.496 e. The van der Waals surface area contributed by atoms with Crippen LogP contribution in [0.4, 0.5) is 0 Å². The summed E-state index contributed by atoms with van der Waals surface area (Å²) in [4.78, 5) is 12.2. The van der Waals surface area contributed by atoms with E-state index in [1.165, 1.54) is 0 Å². The lowest BCUT2D eigenvalue weighted by Gasteiger charge is -2.23. The SMILES string of the molecule is COc1ccc(C(=O)NCC(C)(C)C)cc1C(C)(C)C. The molecule has 0 aliphatic heterocycles. The molecule has 0 aliphatic rings. The zero-order valence-electron chi connectivity index (χ0n) is 13.8. The Bertz CT molecular complexity index is 479. The first-order chi connectivity index (χ1) is 9.04. The second kappa shape index (κ2) is 5.86. The second-order valence-corrected chi connectivity index (χ2v) is 7.41. The molecule has 0 saturated carbocycles. The van der Waals surface area contributed by atoms with Gasteiger partial charge in [-0.25, -0.2) is 0 Å². The second-order valence-electron chi connectivity index (χ2n) is 7.41. The van der Waals surface area contributed by atoms with Gasteiger partial charge in [0.25, 0.3) is 5.91 Å². The Morgan fingerprint density at radius 1 is 1.15 bits per heavy atom. The quantitative estimate of drug-likeness (QED) is 0.913. The number of nitrogens with one attached hydrogen (secondary N) is 1. The number of hydrogen-bond acceptors (Lipinski definition) is 2. The Morgan fingerprint density at radius 3 is 2.20 bits per heavy atom. The summed E-state index contributed by atoms with van der Waals surface area (Å²) in [5.74, 6) is 0.790. The molecule has 0 unspecified atom stereocenters. The fraction of sp³-hybridized carbons (Fsp3) is 0.588. The molecule has 0 spiro atoms. The van der Waals surface area contributed by atoms with E-state index >= 15 is 0 Å². The third-order valence-corrected chi connectivity index (χ3v) is 3.05. The summed E-state index contributed by atoms with van der Waals surface area (Å²) in [5.41, 5.74) is 1.74. The van der Waals surface area contributed by atoms with Crippen molar-refractivity contribution in [2.75, 3.05) is 13.7 Å². The molecule has 1 aromatic rings. The monoisotopic (exact) mass is 277 g/mol. The third-order valence-electron chi connectivity index (χ3n) is 3.05. The van der Waals surface area contributed by atoms with Gasteiger partial charge in [0.05, 0.1) is 7.11 Å². The summed E-state index contributed by atoms with van der Waals surface area (Å²) < 4.78 is 5.39. The third kappa shape index (κ3) is 4.55. The van der Waals surface area contributed by atoms with Crippen LogP contribution in [0.25, 0.3) is 0 Å². The molecule has 0 aromatic heterocycles. The van der Waals surface area contributed by atoms with Crippen LogP contribution in [0.15, 0.2) is 18.2 Å². The molecule has 0 aliphatic carbocycles. The molecule has 0 radical (unpaired) electrons. The van der Waals surface area contributed by atoms with Crippen molar-refractivity contribution in [1.82, 2.24) is 5.32 Å². The standard InChI is InChI=1S/C17H27NO2/c1-16(2,3)11-18-15(19)12-8-9-14(20-7)13(10-12)17(4,5)6/h8-10H,11H2,1-7H3,(H,18,19). The number of ether oxygens (including phenoxy) is 1. The van der Waals surface area contributed by atoms with Gasteiger partial charge in [0, 0.05) is 17.7 Å². The molecule has 3 heteroatoms. The first-order valence-electron chi connectivity index (χ1n) is 7.01. The summed E-state index contributed by atoms with van der Waals surface area (Å²) in [7, 11) is 1.66. The molecule has 1 amide bonds. The molecular formula is C17H27NO2. The maximum absolute atomic E-state index is 12.2. The predicted octanol–water partition coefficient (Wildman–Crippen LogP) is 3.77. The van der Waals surface area contributed by atoms with Crippen LogP contribution in [0.1, 0.15) is 57.5 Å². The van der Waals surface area contributed by atoms with Crippen molar-refractivity contribution < 1.29 is 9.53 Å². The maximum Gasteiger partial charge on any atom is 0.251 e. The molecule has 0 fully saturated rings. The minimum absolute atomic E-state index is 0.0342. The van der Waals surface area contributed by atoms with E-state index < -0.39 is 0 Å². The maximum atomic E-state index is 12.2. The summed E-state index contributed by atoms with van der Waals surface area (Å²) in [5, 5.41) is 2.98. The molecule has 1 N–H and O–H groups in total.